The van der Waals surface area contributed by atoms with Gasteiger partial charge in [0.2, 0.25) is 5.91 Å². The van der Waals surface area contributed by atoms with Gasteiger partial charge in [0, 0.05) is 35.6 Å². The first-order chi connectivity index (χ1) is 12.6. The summed E-state index contributed by atoms with van der Waals surface area (Å²) in [4.78, 5) is 24.7. The Morgan fingerprint density at radius 1 is 1.08 bits per heavy atom. The highest BCUT2D eigenvalue weighted by Gasteiger charge is 2.18. The zero-order valence-corrected chi connectivity index (χ0v) is 15.5. The van der Waals surface area contributed by atoms with Crippen LogP contribution < -0.4 is 10.6 Å². The molecule has 0 radical (unpaired) electrons. The van der Waals surface area contributed by atoms with Crippen molar-refractivity contribution in [3.05, 3.63) is 54.1 Å². The fourth-order valence-electron chi connectivity index (χ4n) is 2.78. The van der Waals surface area contributed by atoms with Gasteiger partial charge >= 0.3 is 0 Å². The Morgan fingerprint density at radius 2 is 1.77 bits per heavy atom. The number of hydrogen-bond donors (Lipinski definition) is 2. The average Bonchev–Trinajstić information content (AvgIpc) is 3.15. The molecular weight excluding hydrogens is 348 g/mol. The minimum Gasteiger partial charge on any atom is -0.377 e. The molecule has 0 spiro atoms. The Balaban J connectivity index is 1.64. The van der Waals surface area contributed by atoms with Crippen LogP contribution in [0.15, 0.2) is 53.4 Å². The molecule has 0 unspecified atom stereocenters. The second kappa shape index (κ2) is 8.87. The summed E-state index contributed by atoms with van der Waals surface area (Å²) in [6.45, 7) is 2.29. The first-order valence-corrected chi connectivity index (χ1v) is 9.63. The fraction of sp³-hybridized carbons (Fsp3) is 0.300. The SMILES string of the molecule is CC(=O)Nc1ccc(NC(=O)c2ccccc2SC[C@H]2CCCO2)cc1. The molecule has 2 aromatic carbocycles. The summed E-state index contributed by atoms with van der Waals surface area (Å²) in [5.41, 5.74) is 2.03. The topological polar surface area (TPSA) is 67.4 Å². The van der Waals surface area contributed by atoms with Gasteiger partial charge in [-0.2, -0.15) is 0 Å². The first-order valence-electron chi connectivity index (χ1n) is 8.64. The second-order valence-electron chi connectivity index (χ2n) is 6.15. The summed E-state index contributed by atoms with van der Waals surface area (Å²) in [6.07, 6.45) is 2.47. The highest BCUT2D eigenvalue weighted by molar-refractivity contribution is 7.99. The largest absolute Gasteiger partial charge is 0.377 e. The molecule has 5 nitrogen and oxygen atoms in total. The van der Waals surface area contributed by atoms with E-state index in [0.717, 1.165) is 30.1 Å². The van der Waals surface area contributed by atoms with Crippen LogP contribution in [0.4, 0.5) is 11.4 Å². The lowest BCUT2D eigenvalue weighted by molar-refractivity contribution is -0.114. The number of thioether (sulfide) groups is 1. The molecule has 2 aromatic rings. The molecule has 136 valence electrons. The summed E-state index contributed by atoms with van der Waals surface area (Å²) in [7, 11) is 0. The minimum absolute atomic E-state index is 0.126. The average molecular weight is 370 g/mol. The smallest absolute Gasteiger partial charge is 0.256 e. The number of rotatable bonds is 6. The van der Waals surface area contributed by atoms with Crippen LogP contribution in [-0.4, -0.2) is 30.3 Å². The summed E-state index contributed by atoms with van der Waals surface area (Å²) in [5, 5.41) is 5.61. The molecule has 3 rings (SSSR count). The molecule has 1 atom stereocenters. The number of benzene rings is 2. The number of anilines is 2. The summed E-state index contributed by atoms with van der Waals surface area (Å²) >= 11 is 1.66. The quantitative estimate of drug-likeness (QED) is 0.749. The zero-order valence-electron chi connectivity index (χ0n) is 14.7. The first kappa shape index (κ1) is 18.5. The minimum atomic E-state index is -0.146. The van der Waals surface area contributed by atoms with Gasteiger partial charge in [0.1, 0.15) is 0 Å². The molecule has 0 saturated carbocycles. The van der Waals surface area contributed by atoms with E-state index in [-0.39, 0.29) is 17.9 Å². The van der Waals surface area contributed by atoms with Crippen LogP contribution in [0, 0.1) is 0 Å². The Hall–Kier alpha value is -2.31. The number of hydrogen-bond acceptors (Lipinski definition) is 4. The van der Waals surface area contributed by atoms with E-state index in [9.17, 15) is 9.59 Å². The number of amides is 2. The van der Waals surface area contributed by atoms with Gasteiger partial charge in [0.15, 0.2) is 0 Å². The Labute approximate surface area is 157 Å². The molecule has 0 aromatic heterocycles. The van der Waals surface area contributed by atoms with Crippen LogP contribution in [0.5, 0.6) is 0 Å². The third kappa shape index (κ3) is 5.09. The van der Waals surface area contributed by atoms with Gasteiger partial charge in [-0.15, -0.1) is 11.8 Å². The van der Waals surface area contributed by atoms with Crippen molar-refractivity contribution in [2.24, 2.45) is 0 Å². The van der Waals surface area contributed by atoms with E-state index in [0.29, 0.717) is 16.9 Å². The third-order valence-corrected chi connectivity index (χ3v) is 5.25. The molecule has 2 amide bonds. The molecule has 26 heavy (non-hydrogen) atoms. The van der Waals surface area contributed by atoms with Crippen molar-refractivity contribution in [2.75, 3.05) is 23.0 Å². The van der Waals surface area contributed by atoms with Gasteiger partial charge in [0.05, 0.1) is 11.7 Å². The molecule has 0 aliphatic carbocycles. The molecule has 6 heteroatoms. The Morgan fingerprint density at radius 3 is 2.42 bits per heavy atom. The van der Waals surface area contributed by atoms with E-state index < -0.39 is 0 Å². The molecule has 1 saturated heterocycles. The highest BCUT2D eigenvalue weighted by Crippen LogP contribution is 2.27. The predicted molar refractivity (Wildman–Crippen MR) is 105 cm³/mol. The van der Waals surface area contributed by atoms with Crippen molar-refractivity contribution in [1.29, 1.82) is 0 Å². The van der Waals surface area contributed by atoms with E-state index in [1.807, 2.05) is 24.3 Å². The van der Waals surface area contributed by atoms with Gasteiger partial charge in [-0.25, -0.2) is 0 Å². The summed E-state index contributed by atoms with van der Waals surface area (Å²) in [5.74, 6) is 0.585. The van der Waals surface area contributed by atoms with Gasteiger partial charge in [-0.3, -0.25) is 9.59 Å². The normalized spacial score (nSPS) is 16.3. The van der Waals surface area contributed by atoms with E-state index in [1.165, 1.54) is 6.92 Å². The van der Waals surface area contributed by atoms with Gasteiger partial charge in [-0.1, -0.05) is 12.1 Å². The second-order valence-corrected chi connectivity index (χ2v) is 7.22. The lowest BCUT2D eigenvalue weighted by atomic mass is 10.2. The molecular formula is C20H22N2O3S. The molecule has 2 N–H and O–H groups in total. The van der Waals surface area contributed by atoms with Crippen molar-refractivity contribution in [1.82, 2.24) is 0 Å². The maximum Gasteiger partial charge on any atom is 0.256 e. The molecule has 1 heterocycles. The van der Waals surface area contributed by atoms with Gasteiger partial charge in [-0.05, 0) is 49.2 Å². The van der Waals surface area contributed by atoms with Gasteiger partial charge in [0.25, 0.3) is 5.91 Å². The monoisotopic (exact) mass is 370 g/mol. The molecule has 1 fully saturated rings. The van der Waals surface area contributed by atoms with E-state index >= 15 is 0 Å². The Kier molecular flexibility index (Phi) is 6.30. The van der Waals surface area contributed by atoms with Crippen LogP contribution in [-0.2, 0) is 9.53 Å². The zero-order chi connectivity index (χ0) is 18.4. The van der Waals surface area contributed by atoms with Crippen molar-refractivity contribution in [3.8, 4) is 0 Å². The summed E-state index contributed by atoms with van der Waals surface area (Å²) in [6, 6.07) is 14.7. The third-order valence-electron chi connectivity index (χ3n) is 4.04. The number of carbonyl (C=O) groups excluding carboxylic acids is 2. The number of ether oxygens (including phenoxy) is 1. The lowest BCUT2D eigenvalue weighted by Crippen LogP contribution is -2.14. The van der Waals surface area contributed by atoms with Crippen molar-refractivity contribution in [3.63, 3.8) is 0 Å². The van der Waals surface area contributed by atoms with E-state index in [2.05, 4.69) is 10.6 Å². The molecule has 1 aliphatic rings. The predicted octanol–water partition coefficient (Wildman–Crippen LogP) is 4.17. The van der Waals surface area contributed by atoms with Crippen molar-refractivity contribution < 1.29 is 14.3 Å². The number of nitrogens with one attached hydrogen (secondary N) is 2. The highest BCUT2D eigenvalue weighted by atomic mass is 32.2. The van der Waals surface area contributed by atoms with E-state index in [1.54, 1.807) is 36.0 Å². The van der Waals surface area contributed by atoms with Crippen LogP contribution >= 0.6 is 11.8 Å². The standard InChI is InChI=1S/C20H22N2O3S/c1-14(23)21-15-8-10-16(11-9-15)22-20(24)18-6-2-3-7-19(18)26-13-17-5-4-12-25-17/h2-3,6-11,17H,4-5,12-13H2,1H3,(H,21,23)(H,22,24)/t17-/m1/s1. The maximum atomic E-state index is 12.7. The Bertz CT molecular complexity index is 771. The van der Waals surface area contributed by atoms with Crippen LogP contribution in [0.3, 0.4) is 0 Å². The van der Waals surface area contributed by atoms with Crippen molar-refractivity contribution in [2.45, 2.75) is 30.8 Å². The lowest BCUT2D eigenvalue weighted by Gasteiger charge is -2.12. The fourth-order valence-corrected chi connectivity index (χ4v) is 3.90. The molecule has 1 aliphatic heterocycles. The van der Waals surface area contributed by atoms with Crippen LogP contribution in [0.2, 0.25) is 0 Å². The van der Waals surface area contributed by atoms with Crippen LogP contribution in [0.1, 0.15) is 30.1 Å². The van der Waals surface area contributed by atoms with E-state index in [4.69, 9.17) is 4.74 Å². The van der Waals surface area contributed by atoms with Crippen LogP contribution in [0.25, 0.3) is 0 Å². The number of carbonyl (C=O) groups is 2. The molecule has 0 bridgehead atoms. The summed E-state index contributed by atoms with van der Waals surface area (Å²) < 4.78 is 5.66. The van der Waals surface area contributed by atoms with Gasteiger partial charge < -0.3 is 15.4 Å². The maximum absolute atomic E-state index is 12.7. The van der Waals surface area contributed by atoms with Crippen molar-refractivity contribution >= 4 is 35.0 Å².